The lowest BCUT2D eigenvalue weighted by atomic mass is 10.1. The van der Waals surface area contributed by atoms with Gasteiger partial charge in [0.1, 0.15) is 5.69 Å². The summed E-state index contributed by atoms with van der Waals surface area (Å²) in [7, 11) is 0. The maximum atomic E-state index is 12.7. The van der Waals surface area contributed by atoms with Crippen LogP contribution in [0.1, 0.15) is 41.6 Å². The summed E-state index contributed by atoms with van der Waals surface area (Å²) in [6, 6.07) is 7.32. The molecule has 0 aliphatic carbocycles. The van der Waals surface area contributed by atoms with Gasteiger partial charge in [-0.15, -0.1) is 0 Å². The van der Waals surface area contributed by atoms with Gasteiger partial charge in [0.05, 0.1) is 18.8 Å². The van der Waals surface area contributed by atoms with Gasteiger partial charge in [-0.3, -0.25) is 9.78 Å². The molecule has 0 unspecified atom stereocenters. The van der Waals surface area contributed by atoms with Crippen molar-refractivity contribution in [1.82, 2.24) is 25.2 Å². The number of nitrogens with one attached hydrogen (secondary N) is 2. The molecule has 0 saturated carbocycles. The maximum absolute atomic E-state index is 12.7. The Morgan fingerprint density at radius 3 is 2.72 bits per heavy atom. The molecule has 0 atom stereocenters. The fraction of sp³-hybridized carbons (Fsp3) is 0.450. The maximum Gasteiger partial charge on any atom is 0.409 e. The molecular weight excluding hydrogens is 372 g/mol. The van der Waals surface area contributed by atoms with Gasteiger partial charge in [0, 0.05) is 31.0 Å². The second-order valence-corrected chi connectivity index (χ2v) is 6.83. The number of rotatable bonds is 6. The Kier molecular flexibility index (Phi) is 6.94. The van der Waals surface area contributed by atoms with Crippen LogP contribution in [0.5, 0.6) is 0 Å². The summed E-state index contributed by atoms with van der Waals surface area (Å²) in [5.41, 5.74) is 1.87. The molecule has 0 spiro atoms. The fourth-order valence-electron chi connectivity index (χ4n) is 3.12. The van der Waals surface area contributed by atoms with E-state index in [0.717, 1.165) is 5.69 Å². The highest BCUT2D eigenvalue weighted by atomic mass is 16.6. The number of piperidine rings is 1. The van der Waals surface area contributed by atoms with Crippen LogP contribution in [0.15, 0.2) is 30.5 Å². The van der Waals surface area contributed by atoms with Crippen molar-refractivity contribution in [3.8, 4) is 0 Å². The van der Waals surface area contributed by atoms with Crippen LogP contribution >= 0.6 is 0 Å². The molecule has 2 aromatic rings. The van der Waals surface area contributed by atoms with Crippen LogP contribution in [0.4, 0.5) is 10.7 Å². The van der Waals surface area contributed by atoms with Crippen molar-refractivity contribution in [3.63, 3.8) is 0 Å². The zero-order chi connectivity index (χ0) is 20.6. The first-order chi connectivity index (χ1) is 14.0. The normalized spacial score (nSPS) is 14.3. The third-order valence-corrected chi connectivity index (χ3v) is 4.60. The first kappa shape index (κ1) is 20.5. The summed E-state index contributed by atoms with van der Waals surface area (Å²) in [5, 5.41) is 6.11. The Hall–Kier alpha value is -3.23. The Morgan fingerprint density at radius 1 is 1.24 bits per heavy atom. The van der Waals surface area contributed by atoms with Gasteiger partial charge in [0.25, 0.3) is 5.91 Å². The summed E-state index contributed by atoms with van der Waals surface area (Å²) in [4.78, 5) is 39.0. The minimum Gasteiger partial charge on any atom is -0.450 e. The molecule has 2 N–H and O–H groups in total. The number of carbonyl (C=O) groups excluding carboxylic acids is 2. The molecule has 2 aromatic heterocycles. The number of hydrogen-bond acceptors (Lipinski definition) is 7. The van der Waals surface area contributed by atoms with Crippen molar-refractivity contribution in [2.45, 2.75) is 39.3 Å². The van der Waals surface area contributed by atoms with E-state index in [1.54, 1.807) is 24.1 Å². The van der Waals surface area contributed by atoms with Crippen molar-refractivity contribution >= 4 is 17.9 Å². The molecule has 1 aliphatic rings. The summed E-state index contributed by atoms with van der Waals surface area (Å²) in [6.45, 7) is 5.56. The number of carbonyl (C=O) groups is 2. The van der Waals surface area contributed by atoms with Gasteiger partial charge in [-0.05, 0) is 44.9 Å². The number of likely N-dealkylation sites (tertiary alicyclic amines) is 1. The van der Waals surface area contributed by atoms with E-state index >= 15 is 0 Å². The van der Waals surface area contributed by atoms with Crippen molar-refractivity contribution in [2.24, 2.45) is 0 Å². The Morgan fingerprint density at radius 2 is 2.03 bits per heavy atom. The van der Waals surface area contributed by atoms with E-state index in [0.29, 0.717) is 56.4 Å². The van der Waals surface area contributed by atoms with Gasteiger partial charge >= 0.3 is 6.09 Å². The van der Waals surface area contributed by atoms with Crippen LogP contribution in [0.2, 0.25) is 0 Å². The number of aromatic nitrogens is 3. The predicted molar refractivity (Wildman–Crippen MR) is 107 cm³/mol. The van der Waals surface area contributed by atoms with E-state index < -0.39 is 0 Å². The highest BCUT2D eigenvalue weighted by molar-refractivity contribution is 5.92. The number of ether oxygens (including phenoxy) is 1. The molecule has 9 heteroatoms. The Bertz CT molecular complexity index is 837. The molecule has 3 rings (SSSR count). The van der Waals surface area contributed by atoms with Crippen LogP contribution < -0.4 is 10.6 Å². The summed E-state index contributed by atoms with van der Waals surface area (Å²) in [5.74, 6) is 0.143. The van der Waals surface area contributed by atoms with E-state index in [2.05, 4.69) is 25.6 Å². The zero-order valence-corrected chi connectivity index (χ0v) is 16.7. The molecule has 0 aromatic carbocycles. The number of amides is 2. The fourth-order valence-corrected chi connectivity index (χ4v) is 3.12. The molecule has 0 radical (unpaired) electrons. The number of nitrogens with zero attached hydrogens (tertiary/aromatic N) is 4. The largest absolute Gasteiger partial charge is 0.450 e. The lowest BCUT2D eigenvalue weighted by Gasteiger charge is -2.31. The average molecular weight is 398 g/mol. The number of pyridine rings is 1. The minimum absolute atomic E-state index is 0.00613. The second kappa shape index (κ2) is 9.81. The van der Waals surface area contributed by atoms with Crippen LogP contribution in [0.25, 0.3) is 0 Å². The molecular formula is C20H26N6O3. The first-order valence-electron chi connectivity index (χ1n) is 9.77. The van der Waals surface area contributed by atoms with Crippen molar-refractivity contribution < 1.29 is 14.3 Å². The van der Waals surface area contributed by atoms with Gasteiger partial charge in [-0.1, -0.05) is 6.07 Å². The molecule has 1 fully saturated rings. The number of aryl methyl sites for hydroxylation is 1. The smallest absolute Gasteiger partial charge is 0.409 e. The molecule has 1 aliphatic heterocycles. The molecule has 29 heavy (non-hydrogen) atoms. The van der Waals surface area contributed by atoms with Crippen molar-refractivity contribution in [3.05, 3.63) is 47.5 Å². The highest BCUT2D eigenvalue weighted by Crippen LogP contribution is 2.13. The average Bonchev–Trinajstić information content (AvgIpc) is 2.73. The Labute approximate surface area is 169 Å². The van der Waals surface area contributed by atoms with Crippen LogP contribution in [-0.4, -0.2) is 57.6 Å². The summed E-state index contributed by atoms with van der Waals surface area (Å²) >= 11 is 0. The monoisotopic (exact) mass is 398 g/mol. The SMILES string of the molecule is CCOC(=O)N1CCC(NC(=O)c2cc(C)nc(NCc3ccccn3)n2)CC1. The summed E-state index contributed by atoms with van der Waals surface area (Å²) < 4.78 is 5.02. The molecule has 1 saturated heterocycles. The highest BCUT2D eigenvalue weighted by Gasteiger charge is 2.25. The van der Waals surface area contributed by atoms with Gasteiger partial charge in [0.2, 0.25) is 5.95 Å². The van der Waals surface area contributed by atoms with E-state index in [9.17, 15) is 9.59 Å². The topological polar surface area (TPSA) is 109 Å². The quantitative estimate of drug-likeness (QED) is 0.767. The molecule has 0 bridgehead atoms. The third kappa shape index (κ3) is 5.87. The predicted octanol–water partition coefficient (Wildman–Crippen LogP) is 2.14. The van der Waals surface area contributed by atoms with Crippen molar-refractivity contribution in [1.29, 1.82) is 0 Å². The van der Waals surface area contributed by atoms with Gasteiger partial charge < -0.3 is 20.3 Å². The van der Waals surface area contributed by atoms with Crippen molar-refractivity contribution in [2.75, 3.05) is 25.0 Å². The van der Waals surface area contributed by atoms with Gasteiger partial charge in [-0.2, -0.15) is 0 Å². The zero-order valence-electron chi connectivity index (χ0n) is 16.7. The van der Waals surface area contributed by atoms with E-state index in [4.69, 9.17) is 4.74 Å². The molecule has 9 nitrogen and oxygen atoms in total. The van der Waals surface area contributed by atoms with Gasteiger partial charge in [-0.25, -0.2) is 14.8 Å². The molecule has 3 heterocycles. The Balaban J connectivity index is 1.55. The summed E-state index contributed by atoms with van der Waals surface area (Å²) in [6.07, 6.45) is 2.78. The first-order valence-corrected chi connectivity index (χ1v) is 9.77. The molecule has 154 valence electrons. The lowest BCUT2D eigenvalue weighted by molar-refractivity contribution is 0.0856. The lowest BCUT2D eigenvalue weighted by Crippen LogP contribution is -2.46. The van der Waals surface area contributed by atoms with E-state index in [1.807, 2.05) is 25.1 Å². The van der Waals surface area contributed by atoms with Crippen LogP contribution in [-0.2, 0) is 11.3 Å². The van der Waals surface area contributed by atoms with E-state index in [-0.39, 0.29) is 18.0 Å². The number of hydrogen-bond donors (Lipinski definition) is 2. The standard InChI is InChI=1S/C20H26N6O3/c1-3-29-20(28)26-10-7-15(8-11-26)24-18(27)17-12-14(2)23-19(25-17)22-13-16-6-4-5-9-21-16/h4-6,9,12,15H,3,7-8,10-11,13H2,1-2H3,(H,24,27)(H,22,23,25). The minimum atomic E-state index is -0.299. The molecule has 2 amide bonds. The van der Waals surface area contributed by atoms with Gasteiger partial charge in [0.15, 0.2) is 0 Å². The third-order valence-electron chi connectivity index (χ3n) is 4.60. The second-order valence-electron chi connectivity index (χ2n) is 6.83. The van der Waals surface area contributed by atoms with Crippen LogP contribution in [0.3, 0.4) is 0 Å². The number of anilines is 1. The van der Waals surface area contributed by atoms with Crippen LogP contribution in [0, 0.1) is 6.92 Å². The van der Waals surface area contributed by atoms with E-state index in [1.165, 1.54) is 0 Å².